The standard InChI is InChI=1S/C10H10N4O/c11-10(15)6-1-2-8-7(6)5-12-9-3-4-13-14(8)9/h1-3,5-6,13H,4H2,(H2,11,15). The van der Waals surface area contributed by atoms with E-state index < -0.39 is 0 Å². The lowest BCUT2D eigenvalue weighted by atomic mass is 10.0. The normalized spacial score (nSPS) is 26.8. The van der Waals surface area contributed by atoms with Gasteiger partial charge >= 0.3 is 0 Å². The summed E-state index contributed by atoms with van der Waals surface area (Å²) in [5.74, 6) is 0.200. The van der Waals surface area contributed by atoms with Crippen LogP contribution in [0.3, 0.4) is 0 Å². The highest BCUT2D eigenvalue weighted by atomic mass is 16.1. The molecule has 0 aromatic rings. The number of nitrogens with zero attached hydrogens (tertiary/aromatic N) is 2. The van der Waals surface area contributed by atoms with Crippen LogP contribution in [0, 0.1) is 5.92 Å². The molecule has 0 bridgehead atoms. The van der Waals surface area contributed by atoms with Gasteiger partial charge in [-0.1, -0.05) is 6.08 Å². The van der Waals surface area contributed by atoms with E-state index in [9.17, 15) is 4.79 Å². The number of aliphatic imine (C=N–C) groups is 1. The summed E-state index contributed by atoms with van der Waals surface area (Å²) in [5, 5.41) is 1.88. The van der Waals surface area contributed by atoms with Gasteiger partial charge in [0.15, 0.2) is 0 Å². The number of nitrogens with two attached hydrogens (primary N) is 1. The zero-order valence-electron chi connectivity index (χ0n) is 7.97. The second-order valence-electron chi connectivity index (χ2n) is 3.60. The largest absolute Gasteiger partial charge is 0.369 e. The molecule has 0 saturated heterocycles. The smallest absolute Gasteiger partial charge is 0.228 e. The van der Waals surface area contributed by atoms with Crippen LogP contribution in [0.15, 0.2) is 40.3 Å². The van der Waals surface area contributed by atoms with E-state index in [0.717, 1.165) is 23.6 Å². The average molecular weight is 202 g/mol. The number of allylic oxidation sites excluding steroid dienone is 1. The molecule has 0 spiro atoms. The molecular formula is C10H10N4O. The first-order valence-electron chi connectivity index (χ1n) is 4.77. The van der Waals surface area contributed by atoms with Gasteiger partial charge in [0.2, 0.25) is 5.91 Å². The molecule has 76 valence electrons. The Morgan fingerprint density at radius 2 is 2.53 bits per heavy atom. The second kappa shape index (κ2) is 2.80. The molecule has 0 aromatic heterocycles. The molecular weight excluding hydrogens is 192 g/mol. The molecule has 3 aliphatic rings. The number of nitrogens with one attached hydrogen (secondary N) is 1. The first-order valence-corrected chi connectivity index (χ1v) is 4.77. The van der Waals surface area contributed by atoms with Gasteiger partial charge < -0.3 is 5.73 Å². The molecule has 1 atom stereocenters. The summed E-state index contributed by atoms with van der Waals surface area (Å²) in [6.45, 7) is 0.762. The van der Waals surface area contributed by atoms with Crippen molar-refractivity contribution in [2.45, 2.75) is 0 Å². The molecule has 3 rings (SSSR count). The van der Waals surface area contributed by atoms with E-state index in [1.54, 1.807) is 6.21 Å². The fraction of sp³-hybridized carbons (Fsp3) is 0.200. The highest BCUT2D eigenvalue weighted by molar-refractivity contribution is 5.96. The van der Waals surface area contributed by atoms with E-state index in [0.29, 0.717) is 0 Å². The maximum atomic E-state index is 11.2. The summed E-state index contributed by atoms with van der Waals surface area (Å²) in [6, 6.07) is 0. The van der Waals surface area contributed by atoms with Crippen LogP contribution in [0.4, 0.5) is 0 Å². The zero-order valence-corrected chi connectivity index (χ0v) is 7.97. The Hall–Kier alpha value is -1.88. The van der Waals surface area contributed by atoms with Gasteiger partial charge in [-0.3, -0.25) is 9.80 Å². The summed E-state index contributed by atoms with van der Waals surface area (Å²) in [7, 11) is 0. The van der Waals surface area contributed by atoms with Crippen LogP contribution in [0.1, 0.15) is 0 Å². The van der Waals surface area contributed by atoms with Crippen molar-refractivity contribution in [1.29, 1.82) is 0 Å². The fourth-order valence-electron chi connectivity index (χ4n) is 2.00. The van der Waals surface area contributed by atoms with Crippen molar-refractivity contribution in [1.82, 2.24) is 10.4 Å². The molecule has 3 N–H and O–H groups in total. The fourth-order valence-corrected chi connectivity index (χ4v) is 2.00. The van der Waals surface area contributed by atoms with E-state index in [1.165, 1.54) is 0 Å². The van der Waals surface area contributed by atoms with Crippen molar-refractivity contribution in [2.75, 3.05) is 6.54 Å². The first-order chi connectivity index (χ1) is 7.27. The lowest BCUT2D eigenvalue weighted by Crippen LogP contribution is -2.33. The molecule has 15 heavy (non-hydrogen) atoms. The van der Waals surface area contributed by atoms with Gasteiger partial charge in [-0.05, 0) is 12.2 Å². The van der Waals surface area contributed by atoms with Crippen LogP contribution in [-0.4, -0.2) is 23.7 Å². The second-order valence-corrected chi connectivity index (χ2v) is 3.60. The Morgan fingerprint density at radius 3 is 3.33 bits per heavy atom. The van der Waals surface area contributed by atoms with Crippen LogP contribution in [0.2, 0.25) is 0 Å². The van der Waals surface area contributed by atoms with Crippen LogP contribution in [0.5, 0.6) is 0 Å². The molecule has 0 saturated carbocycles. The Balaban J connectivity index is 2.04. The van der Waals surface area contributed by atoms with Gasteiger partial charge in [-0.15, -0.1) is 0 Å². The van der Waals surface area contributed by atoms with Gasteiger partial charge in [-0.2, -0.15) is 0 Å². The Labute approximate surface area is 86.6 Å². The summed E-state index contributed by atoms with van der Waals surface area (Å²) < 4.78 is 0. The van der Waals surface area contributed by atoms with E-state index >= 15 is 0 Å². The number of hydrogen-bond donors (Lipinski definition) is 2. The molecule has 5 heteroatoms. The van der Waals surface area contributed by atoms with Crippen molar-refractivity contribution in [2.24, 2.45) is 16.6 Å². The average Bonchev–Trinajstić information content (AvgIpc) is 2.82. The van der Waals surface area contributed by atoms with E-state index in [1.807, 2.05) is 23.2 Å². The number of carbonyl (C=O) groups is 1. The number of fused-ring (bicyclic) bond motifs is 2. The number of carbonyl (C=O) groups excluding carboxylic acids is 1. The number of primary amides is 1. The SMILES string of the molecule is NC(=O)C1C=CC2=C1C=NC1=CCNN12. The number of rotatable bonds is 1. The van der Waals surface area contributed by atoms with E-state index in [2.05, 4.69) is 10.4 Å². The Morgan fingerprint density at radius 1 is 1.67 bits per heavy atom. The van der Waals surface area contributed by atoms with Crippen molar-refractivity contribution < 1.29 is 4.79 Å². The Bertz CT molecular complexity index is 458. The predicted molar refractivity (Wildman–Crippen MR) is 55.3 cm³/mol. The molecule has 1 amide bonds. The molecule has 5 nitrogen and oxygen atoms in total. The minimum atomic E-state index is -0.340. The first kappa shape index (κ1) is 8.43. The lowest BCUT2D eigenvalue weighted by molar-refractivity contribution is -0.119. The van der Waals surface area contributed by atoms with Crippen LogP contribution >= 0.6 is 0 Å². The van der Waals surface area contributed by atoms with Crippen molar-refractivity contribution in [3.05, 3.63) is 35.3 Å². The molecule has 1 unspecified atom stereocenters. The number of amides is 1. The van der Waals surface area contributed by atoms with Crippen molar-refractivity contribution in [3.8, 4) is 0 Å². The Kier molecular flexibility index (Phi) is 1.58. The summed E-state index contributed by atoms with van der Waals surface area (Å²) in [6.07, 6.45) is 7.43. The zero-order chi connectivity index (χ0) is 10.4. The monoisotopic (exact) mass is 202 g/mol. The lowest BCUT2D eigenvalue weighted by Gasteiger charge is -2.24. The highest BCUT2D eigenvalue weighted by Gasteiger charge is 2.31. The third-order valence-electron chi connectivity index (χ3n) is 2.72. The van der Waals surface area contributed by atoms with Crippen molar-refractivity contribution in [3.63, 3.8) is 0 Å². The topological polar surface area (TPSA) is 70.7 Å². The maximum Gasteiger partial charge on any atom is 0.228 e. The van der Waals surface area contributed by atoms with E-state index in [-0.39, 0.29) is 11.8 Å². The third-order valence-corrected chi connectivity index (χ3v) is 2.72. The third kappa shape index (κ3) is 1.07. The van der Waals surface area contributed by atoms with Crippen LogP contribution in [0.25, 0.3) is 0 Å². The van der Waals surface area contributed by atoms with E-state index in [4.69, 9.17) is 5.73 Å². The maximum absolute atomic E-state index is 11.2. The molecule has 0 aromatic carbocycles. The predicted octanol–water partition coefficient (Wildman–Crippen LogP) is -0.342. The van der Waals surface area contributed by atoms with Gasteiger partial charge in [-0.25, -0.2) is 10.4 Å². The van der Waals surface area contributed by atoms with Crippen LogP contribution < -0.4 is 11.2 Å². The van der Waals surface area contributed by atoms with Crippen molar-refractivity contribution >= 4 is 12.1 Å². The minimum absolute atomic E-state index is 0.339. The molecule has 2 aliphatic heterocycles. The number of hydrogen-bond acceptors (Lipinski definition) is 4. The van der Waals surface area contributed by atoms with Crippen LogP contribution in [-0.2, 0) is 4.79 Å². The van der Waals surface area contributed by atoms with Gasteiger partial charge in [0.25, 0.3) is 0 Å². The molecule has 1 aliphatic carbocycles. The minimum Gasteiger partial charge on any atom is -0.369 e. The van der Waals surface area contributed by atoms with Gasteiger partial charge in [0, 0.05) is 18.3 Å². The summed E-state index contributed by atoms with van der Waals surface area (Å²) in [4.78, 5) is 15.4. The summed E-state index contributed by atoms with van der Waals surface area (Å²) >= 11 is 0. The molecule has 0 radical (unpaired) electrons. The molecule has 2 heterocycles. The number of hydrazine groups is 1. The molecule has 0 fully saturated rings. The quantitative estimate of drug-likeness (QED) is 0.611. The summed E-state index contributed by atoms with van der Waals surface area (Å²) in [5.41, 5.74) is 10.3. The van der Waals surface area contributed by atoms with Gasteiger partial charge in [0.1, 0.15) is 5.82 Å². The highest BCUT2D eigenvalue weighted by Crippen LogP contribution is 2.32. The van der Waals surface area contributed by atoms with Gasteiger partial charge in [0.05, 0.1) is 11.6 Å².